The molecule has 0 aromatic heterocycles. The molecule has 1 saturated heterocycles. The van der Waals surface area contributed by atoms with E-state index in [1.165, 1.54) is 20.0 Å². The first kappa shape index (κ1) is 9.00. The van der Waals surface area contributed by atoms with E-state index in [2.05, 4.69) is 5.32 Å². The van der Waals surface area contributed by atoms with Crippen LogP contribution in [0.1, 0.15) is 25.7 Å². The fourth-order valence-corrected chi connectivity index (χ4v) is 2.70. The van der Waals surface area contributed by atoms with E-state index in [1.807, 2.05) is 0 Å². The Labute approximate surface area is 78.8 Å². The highest BCUT2D eigenvalue weighted by atomic mass is 16.5. The average Bonchev–Trinajstić information content (AvgIpc) is 2.14. The van der Waals surface area contributed by atoms with Gasteiger partial charge in [0.15, 0.2) is 0 Å². The minimum absolute atomic E-state index is 0.0174. The number of hydrogen-bond donors (Lipinski definition) is 1. The first-order valence-corrected chi connectivity index (χ1v) is 5.04. The van der Waals surface area contributed by atoms with Gasteiger partial charge in [0.2, 0.25) is 0 Å². The fourth-order valence-electron chi connectivity index (χ4n) is 2.70. The average molecular weight is 183 g/mol. The SMILES string of the molecule is COC(=O)C1CC2(CCCNC2)C1. The maximum Gasteiger partial charge on any atom is 0.308 e. The van der Waals surface area contributed by atoms with E-state index in [0.717, 1.165) is 25.9 Å². The first-order chi connectivity index (χ1) is 6.26. The van der Waals surface area contributed by atoms with E-state index in [9.17, 15) is 4.79 Å². The van der Waals surface area contributed by atoms with Crippen molar-refractivity contribution in [2.75, 3.05) is 20.2 Å². The zero-order valence-corrected chi connectivity index (χ0v) is 8.14. The molecule has 13 heavy (non-hydrogen) atoms. The number of carbonyl (C=O) groups excluding carboxylic acids is 1. The molecule has 0 atom stereocenters. The highest BCUT2D eigenvalue weighted by Crippen LogP contribution is 2.49. The summed E-state index contributed by atoms with van der Waals surface area (Å²) in [5.74, 6) is 0.168. The standard InChI is InChI=1S/C10H17NO2/c1-13-9(12)8-5-10(6-8)3-2-4-11-7-10/h8,11H,2-7H2,1H3. The Balaban J connectivity index is 1.85. The number of rotatable bonds is 1. The van der Waals surface area contributed by atoms with Gasteiger partial charge in [-0.2, -0.15) is 0 Å². The van der Waals surface area contributed by atoms with Gasteiger partial charge in [0.1, 0.15) is 0 Å². The molecule has 1 aliphatic carbocycles. The largest absolute Gasteiger partial charge is 0.469 e. The number of methoxy groups -OCH3 is 1. The number of carbonyl (C=O) groups is 1. The molecule has 74 valence electrons. The normalized spacial score (nSPS) is 38.4. The third kappa shape index (κ3) is 1.57. The summed E-state index contributed by atoms with van der Waals surface area (Å²) in [7, 11) is 1.48. The Kier molecular flexibility index (Phi) is 2.28. The van der Waals surface area contributed by atoms with Crippen LogP contribution in [-0.2, 0) is 9.53 Å². The maximum atomic E-state index is 11.2. The Morgan fingerprint density at radius 2 is 2.31 bits per heavy atom. The Hall–Kier alpha value is -0.570. The van der Waals surface area contributed by atoms with Gasteiger partial charge in [-0.05, 0) is 37.6 Å². The van der Waals surface area contributed by atoms with Crippen LogP contribution in [0.15, 0.2) is 0 Å². The fraction of sp³-hybridized carbons (Fsp3) is 0.900. The van der Waals surface area contributed by atoms with Gasteiger partial charge in [-0.15, -0.1) is 0 Å². The third-order valence-corrected chi connectivity index (χ3v) is 3.45. The van der Waals surface area contributed by atoms with Crippen LogP contribution in [0.2, 0.25) is 0 Å². The molecule has 0 aromatic carbocycles. The van der Waals surface area contributed by atoms with Gasteiger partial charge < -0.3 is 10.1 Å². The zero-order chi connectivity index (χ0) is 9.31. The molecule has 1 heterocycles. The third-order valence-electron chi connectivity index (χ3n) is 3.45. The van der Waals surface area contributed by atoms with Crippen molar-refractivity contribution in [3.05, 3.63) is 0 Å². The number of ether oxygens (including phenoxy) is 1. The molecule has 1 spiro atoms. The van der Waals surface area contributed by atoms with Crippen molar-refractivity contribution < 1.29 is 9.53 Å². The van der Waals surface area contributed by atoms with Crippen molar-refractivity contribution in [1.82, 2.24) is 5.32 Å². The molecule has 2 aliphatic rings. The Morgan fingerprint density at radius 3 is 2.85 bits per heavy atom. The van der Waals surface area contributed by atoms with Crippen molar-refractivity contribution in [3.8, 4) is 0 Å². The number of nitrogens with one attached hydrogen (secondary N) is 1. The second kappa shape index (κ2) is 3.29. The van der Waals surface area contributed by atoms with Crippen LogP contribution in [0.25, 0.3) is 0 Å². The predicted molar refractivity (Wildman–Crippen MR) is 49.3 cm³/mol. The highest BCUT2D eigenvalue weighted by Gasteiger charge is 2.47. The van der Waals surface area contributed by atoms with E-state index in [1.54, 1.807) is 0 Å². The van der Waals surface area contributed by atoms with Crippen molar-refractivity contribution >= 4 is 5.97 Å². The minimum atomic E-state index is -0.0174. The zero-order valence-electron chi connectivity index (χ0n) is 8.14. The molecule has 0 bridgehead atoms. The van der Waals surface area contributed by atoms with Gasteiger partial charge in [-0.25, -0.2) is 0 Å². The highest BCUT2D eigenvalue weighted by molar-refractivity contribution is 5.73. The van der Waals surface area contributed by atoms with Gasteiger partial charge in [-0.1, -0.05) is 0 Å². The van der Waals surface area contributed by atoms with Crippen molar-refractivity contribution in [1.29, 1.82) is 0 Å². The molecular formula is C10H17NO2. The van der Waals surface area contributed by atoms with Crippen LogP contribution in [0.4, 0.5) is 0 Å². The van der Waals surface area contributed by atoms with Crippen LogP contribution in [0, 0.1) is 11.3 Å². The van der Waals surface area contributed by atoms with Crippen molar-refractivity contribution in [2.45, 2.75) is 25.7 Å². The van der Waals surface area contributed by atoms with Gasteiger partial charge in [0.25, 0.3) is 0 Å². The molecule has 3 nitrogen and oxygen atoms in total. The van der Waals surface area contributed by atoms with Crippen molar-refractivity contribution in [2.24, 2.45) is 11.3 Å². The van der Waals surface area contributed by atoms with Crippen LogP contribution in [0.3, 0.4) is 0 Å². The number of piperidine rings is 1. The molecule has 3 heteroatoms. The topological polar surface area (TPSA) is 38.3 Å². The summed E-state index contributed by atoms with van der Waals surface area (Å²) in [5.41, 5.74) is 0.442. The monoisotopic (exact) mass is 183 g/mol. The predicted octanol–water partition coefficient (Wildman–Crippen LogP) is 0.939. The van der Waals surface area contributed by atoms with Crippen LogP contribution >= 0.6 is 0 Å². The van der Waals surface area contributed by atoms with Crippen molar-refractivity contribution in [3.63, 3.8) is 0 Å². The van der Waals surface area contributed by atoms with E-state index in [-0.39, 0.29) is 11.9 Å². The second-order valence-electron chi connectivity index (χ2n) is 4.41. The van der Waals surface area contributed by atoms with E-state index in [0.29, 0.717) is 5.41 Å². The van der Waals surface area contributed by atoms with Gasteiger partial charge >= 0.3 is 5.97 Å². The molecule has 2 rings (SSSR count). The Morgan fingerprint density at radius 1 is 1.54 bits per heavy atom. The number of hydrogen-bond acceptors (Lipinski definition) is 3. The molecule has 0 amide bonds. The summed E-state index contributed by atoms with van der Waals surface area (Å²) in [6, 6.07) is 0. The summed E-state index contributed by atoms with van der Waals surface area (Å²) >= 11 is 0. The molecule has 0 radical (unpaired) electrons. The van der Waals surface area contributed by atoms with Crippen LogP contribution < -0.4 is 5.32 Å². The first-order valence-electron chi connectivity index (χ1n) is 5.04. The molecule has 2 fully saturated rings. The lowest BCUT2D eigenvalue weighted by atomic mass is 9.59. The lowest BCUT2D eigenvalue weighted by molar-refractivity contribution is -0.154. The molecular weight excluding hydrogens is 166 g/mol. The quantitative estimate of drug-likeness (QED) is 0.615. The minimum Gasteiger partial charge on any atom is -0.469 e. The summed E-state index contributed by atoms with van der Waals surface area (Å²) < 4.78 is 4.73. The molecule has 1 N–H and O–H groups in total. The molecule has 1 saturated carbocycles. The van der Waals surface area contributed by atoms with Crippen LogP contribution in [-0.4, -0.2) is 26.2 Å². The maximum absolute atomic E-state index is 11.2. The number of esters is 1. The molecule has 0 aromatic rings. The second-order valence-corrected chi connectivity index (χ2v) is 4.41. The lowest BCUT2D eigenvalue weighted by Gasteiger charge is -2.49. The van der Waals surface area contributed by atoms with Gasteiger partial charge in [0.05, 0.1) is 13.0 Å². The molecule has 0 unspecified atom stereocenters. The Bertz CT molecular complexity index is 201. The molecule has 1 aliphatic heterocycles. The van der Waals surface area contributed by atoms with Gasteiger partial charge in [0, 0.05) is 6.54 Å². The smallest absolute Gasteiger partial charge is 0.308 e. The van der Waals surface area contributed by atoms with E-state index < -0.39 is 0 Å². The van der Waals surface area contributed by atoms with E-state index in [4.69, 9.17) is 4.74 Å². The lowest BCUT2D eigenvalue weighted by Crippen LogP contribution is -2.50. The summed E-state index contributed by atoms with van der Waals surface area (Å²) in [5, 5.41) is 3.40. The summed E-state index contributed by atoms with van der Waals surface area (Å²) in [6.07, 6.45) is 4.61. The summed E-state index contributed by atoms with van der Waals surface area (Å²) in [6.45, 7) is 2.24. The van der Waals surface area contributed by atoms with E-state index >= 15 is 0 Å². The van der Waals surface area contributed by atoms with Crippen LogP contribution in [0.5, 0.6) is 0 Å². The summed E-state index contributed by atoms with van der Waals surface area (Å²) in [4.78, 5) is 11.2. The van der Waals surface area contributed by atoms with Gasteiger partial charge in [-0.3, -0.25) is 4.79 Å².